The highest BCUT2D eigenvalue weighted by molar-refractivity contribution is 6.74. The summed E-state index contributed by atoms with van der Waals surface area (Å²) in [6, 6.07) is 9.78. The molecule has 0 bridgehead atoms. The normalized spacial score (nSPS) is 15.6. The maximum absolute atomic E-state index is 9.96. The van der Waals surface area contributed by atoms with Crippen LogP contribution in [0.5, 0.6) is 0 Å². The highest BCUT2D eigenvalue weighted by Gasteiger charge is 2.38. The number of benzene rings is 1. The van der Waals surface area contributed by atoms with E-state index in [9.17, 15) is 10.2 Å². The Balaban J connectivity index is 2.62. The predicted molar refractivity (Wildman–Crippen MR) is 91.3 cm³/mol. The molecule has 0 unspecified atom stereocenters. The lowest BCUT2D eigenvalue weighted by molar-refractivity contribution is -0.0837. The largest absolute Gasteiger partial charge is 0.414 e. The standard InChI is InChI=1S/C17H30O4Si/c1-17(2,3)22(4,5)21-13-16(15(19)11-18)20-12-14-9-7-6-8-10-14/h6-10,15-16,18-19H,11-13H2,1-5H3/t15-,16-/m0/s1. The van der Waals surface area contributed by atoms with Crippen LogP contribution in [-0.4, -0.2) is 44.0 Å². The van der Waals surface area contributed by atoms with E-state index in [1.165, 1.54) is 0 Å². The van der Waals surface area contributed by atoms with Gasteiger partial charge in [0.25, 0.3) is 0 Å². The Morgan fingerprint density at radius 1 is 1.14 bits per heavy atom. The van der Waals surface area contributed by atoms with Crippen molar-refractivity contribution in [3.05, 3.63) is 35.9 Å². The highest BCUT2D eigenvalue weighted by Crippen LogP contribution is 2.36. The van der Waals surface area contributed by atoms with Crippen LogP contribution in [0.1, 0.15) is 26.3 Å². The summed E-state index contributed by atoms with van der Waals surface area (Å²) in [4.78, 5) is 0. The second-order valence-corrected chi connectivity index (χ2v) is 12.0. The van der Waals surface area contributed by atoms with E-state index < -0.39 is 20.5 Å². The Morgan fingerprint density at radius 2 is 1.73 bits per heavy atom. The van der Waals surface area contributed by atoms with Crippen molar-refractivity contribution in [1.29, 1.82) is 0 Å². The highest BCUT2D eigenvalue weighted by atomic mass is 28.4. The number of hydrogen-bond acceptors (Lipinski definition) is 4. The van der Waals surface area contributed by atoms with Gasteiger partial charge in [0.2, 0.25) is 0 Å². The molecule has 126 valence electrons. The van der Waals surface area contributed by atoms with Gasteiger partial charge in [-0.05, 0) is 23.7 Å². The number of rotatable bonds is 8. The molecule has 0 saturated heterocycles. The molecule has 2 atom stereocenters. The van der Waals surface area contributed by atoms with Gasteiger partial charge in [0.1, 0.15) is 12.2 Å². The molecule has 0 aliphatic rings. The molecule has 0 spiro atoms. The lowest BCUT2D eigenvalue weighted by Crippen LogP contribution is -2.45. The van der Waals surface area contributed by atoms with E-state index in [-0.39, 0.29) is 11.6 Å². The van der Waals surface area contributed by atoms with Gasteiger partial charge in [-0.25, -0.2) is 0 Å². The van der Waals surface area contributed by atoms with Gasteiger partial charge in [0.05, 0.1) is 19.8 Å². The Hall–Kier alpha value is -0.723. The first-order valence-corrected chi connectivity index (χ1v) is 10.7. The van der Waals surface area contributed by atoms with Gasteiger partial charge < -0.3 is 19.4 Å². The number of hydrogen-bond donors (Lipinski definition) is 2. The van der Waals surface area contributed by atoms with Gasteiger partial charge in [-0.3, -0.25) is 0 Å². The van der Waals surface area contributed by atoms with Crippen molar-refractivity contribution >= 4 is 8.32 Å². The summed E-state index contributed by atoms with van der Waals surface area (Å²) >= 11 is 0. The molecule has 4 nitrogen and oxygen atoms in total. The van der Waals surface area contributed by atoms with E-state index in [2.05, 4.69) is 33.9 Å². The smallest absolute Gasteiger partial charge is 0.192 e. The minimum atomic E-state index is -1.91. The average Bonchev–Trinajstić information content (AvgIpc) is 2.46. The molecule has 2 N–H and O–H groups in total. The molecule has 0 fully saturated rings. The van der Waals surface area contributed by atoms with Crippen molar-refractivity contribution in [3.63, 3.8) is 0 Å². The minimum absolute atomic E-state index is 0.0984. The second kappa shape index (κ2) is 8.22. The predicted octanol–water partition coefficient (Wildman–Crippen LogP) is 2.95. The molecule has 0 aromatic heterocycles. The molecule has 0 aliphatic heterocycles. The molecule has 0 heterocycles. The molecular formula is C17H30O4Si. The molecule has 22 heavy (non-hydrogen) atoms. The molecule has 0 saturated carbocycles. The number of ether oxygens (including phenoxy) is 1. The van der Waals surface area contributed by atoms with Crippen molar-refractivity contribution in [3.8, 4) is 0 Å². The minimum Gasteiger partial charge on any atom is -0.414 e. The van der Waals surface area contributed by atoms with E-state index in [1.54, 1.807) is 0 Å². The molecule has 5 heteroatoms. The van der Waals surface area contributed by atoms with Crippen LogP contribution in [0, 0.1) is 0 Å². The molecule has 0 aliphatic carbocycles. The Bertz CT molecular complexity index is 428. The molecule has 1 rings (SSSR count). The zero-order chi connectivity index (χ0) is 16.8. The van der Waals surface area contributed by atoms with E-state index in [0.717, 1.165) is 5.56 Å². The third-order valence-corrected chi connectivity index (χ3v) is 8.84. The summed E-state index contributed by atoms with van der Waals surface area (Å²) in [5.41, 5.74) is 1.03. The summed E-state index contributed by atoms with van der Waals surface area (Å²) in [5, 5.41) is 19.3. The van der Waals surface area contributed by atoms with Crippen LogP contribution in [0.4, 0.5) is 0 Å². The van der Waals surface area contributed by atoms with Gasteiger partial charge in [-0.2, -0.15) is 0 Å². The van der Waals surface area contributed by atoms with Gasteiger partial charge in [-0.15, -0.1) is 0 Å². The van der Waals surface area contributed by atoms with E-state index in [0.29, 0.717) is 13.2 Å². The Labute approximate surface area is 135 Å². The molecule has 1 aromatic carbocycles. The van der Waals surface area contributed by atoms with Crippen LogP contribution in [0.3, 0.4) is 0 Å². The first-order valence-electron chi connectivity index (χ1n) is 7.76. The Morgan fingerprint density at radius 3 is 2.23 bits per heavy atom. The van der Waals surface area contributed by atoms with Crippen LogP contribution < -0.4 is 0 Å². The summed E-state index contributed by atoms with van der Waals surface area (Å²) in [7, 11) is -1.91. The SMILES string of the molecule is CC(C)(C)[Si](C)(C)OC[C@H](OCc1ccccc1)[C@@H](O)CO. The fourth-order valence-electron chi connectivity index (χ4n) is 1.67. The van der Waals surface area contributed by atoms with Crippen molar-refractivity contribution in [2.24, 2.45) is 0 Å². The zero-order valence-electron chi connectivity index (χ0n) is 14.4. The average molecular weight is 327 g/mol. The van der Waals surface area contributed by atoms with Gasteiger partial charge in [0.15, 0.2) is 8.32 Å². The van der Waals surface area contributed by atoms with Crippen LogP contribution in [-0.2, 0) is 15.8 Å². The van der Waals surface area contributed by atoms with Gasteiger partial charge in [-0.1, -0.05) is 51.1 Å². The first kappa shape index (κ1) is 19.3. The maximum atomic E-state index is 9.96. The lowest BCUT2D eigenvalue weighted by atomic mass is 10.2. The Kier molecular flexibility index (Phi) is 7.22. The van der Waals surface area contributed by atoms with Crippen molar-refractivity contribution in [1.82, 2.24) is 0 Å². The second-order valence-electron chi connectivity index (χ2n) is 7.16. The van der Waals surface area contributed by atoms with Gasteiger partial charge in [0, 0.05) is 0 Å². The zero-order valence-corrected chi connectivity index (χ0v) is 15.4. The summed E-state index contributed by atoms with van der Waals surface area (Å²) in [6.07, 6.45) is -1.46. The van der Waals surface area contributed by atoms with Crippen molar-refractivity contribution in [2.45, 2.75) is 57.7 Å². The maximum Gasteiger partial charge on any atom is 0.192 e. The fraction of sp³-hybridized carbons (Fsp3) is 0.647. The first-order chi connectivity index (χ1) is 10.2. The van der Waals surface area contributed by atoms with Crippen molar-refractivity contribution in [2.75, 3.05) is 13.2 Å². The molecule has 1 aromatic rings. The number of aliphatic hydroxyl groups excluding tert-OH is 2. The van der Waals surface area contributed by atoms with E-state index in [4.69, 9.17) is 9.16 Å². The number of aliphatic hydroxyl groups is 2. The third kappa shape index (κ3) is 5.82. The summed E-state index contributed by atoms with van der Waals surface area (Å²) < 4.78 is 11.9. The van der Waals surface area contributed by atoms with Crippen LogP contribution in [0.2, 0.25) is 18.1 Å². The van der Waals surface area contributed by atoms with Crippen LogP contribution in [0.25, 0.3) is 0 Å². The van der Waals surface area contributed by atoms with E-state index in [1.807, 2.05) is 30.3 Å². The summed E-state index contributed by atoms with van der Waals surface area (Å²) in [5.74, 6) is 0. The van der Waals surface area contributed by atoms with Gasteiger partial charge >= 0.3 is 0 Å². The fourth-order valence-corrected chi connectivity index (χ4v) is 2.69. The van der Waals surface area contributed by atoms with E-state index >= 15 is 0 Å². The monoisotopic (exact) mass is 326 g/mol. The van der Waals surface area contributed by atoms with Crippen LogP contribution >= 0.6 is 0 Å². The van der Waals surface area contributed by atoms with Crippen molar-refractivity contribution < 1.29 is 19.4 Å². The quantitative estimate of drug-likeness (QED) is 0.721. The summed E-state index contributed by atoms with van der Waals surface area (Å²) in [6.45, 7) is 11.2. The topological polar surface area (TPSA) is 58.9 Å². The molecule has 0 amide bonds. The molecular weight excluding hydrogens is 296 g/mol. The molecule has 0 radical (unpaired) electrons. The van der Waals surface area contributed by atoms with Crippen LogP contribution in [0.15, 0.2) is 30.3 Å². The third-order valence-electron chi connectivity index (χ3n) is 4.34. The lowest BCUT2D eigenvalue weighted by Gasteiger charge is -2.37.